The number of hydrogen-bond donors (Lipinski definition) is 0. The van der Waals surface area contributed by atoms with E-state index in [1.165, 1.54) is 0 Å². The van der Waals surface area contributed by atoms with Crippen molar-refractivity contribution in [2.75, 3.05) is 0 Å². The zero-order valence-corrected chi connectivity index (χ0v) is 35.8. The van der Waals surface area contributed by atoms with E-state index in [1.54, 1.807) is 34.0 Å². The van der Waals surface area contributed by atoms with Gasteiger partial charge >= 0.3 is 11.9 Å². The lowest BCUT2D eigenvalue weighted by molar-refractivity contribution is -0.164. The molecule has 11 heteroatoms. The largest absolute Gasteiger partial charge is 0.459 e. The number of carbonyl (C=O) groups is 2. The van der Waals surface area contributed by atoms with E-state index in [9.17, 15) is 0 Å². The third-order valence-electron chi connectivity index (χ3n) is 10.6. The Labute approximate surface area is 366 Å². The summed E-state index contributed by atoms with van der Waals surface area (Å²) in [5.74, 6) is -1.46. The van der Waals surface area contributed by atoms with E-state index in [0.717, 1.165) is 77.2 Å². The molecule has 10 rings (SSSR count). The van der Waals surface area contributed by atoms with Crippen LogP contribution in [0.15, 0.2) is 138 Å². The van der Waals surface area contributed by atoms with Gasteiger partial charge < -0.3 is 9.47 Å². The maximum atomic E-state index is 15.1. The monoisotopic (exact) mass is 878 g/mol. The van der Waals surface area contributed by atoms with Gasteiger partial charge in [0.1, 0.15) is 13.2 Å². The SMILES string of the molecule is O=C(OCc1ccccc1)C1(C(=O)OCc2ccccc2)C(C=C2C(=S)c3ccccc3C2=S)=Cc2sc3c(sc4cc(C=C5C(=S)c6ccccc6C5=S)sc43)c21. The summed E-state index contributed by atoms with van der Waals surface area (Å²) in [5.41, 5.74) is 5.71. The minimum Gasteiger partial charge on any atom is -0.459 e. The van der Waals surface area contributed by atoms with Gasteiger partial charge in [0, 0.05) is 53.4 Å². The van der Waals surface area contributed by atoms with Gasteiger partial charge in [0.25, 0.3) is 0 Å². The van der Waals surface area contributed by atoms with Crippen molar-refractivity contribution >= 4 is 145 Å². The van der Waals surface area contributed by atoms with E-state index in [4.69, 9.17) is 58.3 Å². The molecule has 0 unspecified atom stereocenters. The number of thiophene rings is 3. The van der Waals surface area contributed by atoms with Crippen LogP contribution >= 0.6 is 82.9 Å². The van der Waals surface area contributed by atoms with Gasteiger partial charge in [-0.2, -0.15) is 0 Å². The molecule has 3 aromatic heterocycles. The van der Waals surface area contributed by atoms with Crippen molar-refractivity contribution in [1.82, 2.24) is 0 Å². The highest BCUT2D eigenvalue weighted by molar-refractivity contribution is 7.84. The van der Waals surface area contributed by atoms with Gasteiger partial charge in [-0.25, -0.2) is 0 Å². The van der Waals surface area contributed by atoms with Crippen LogP contribution < -0.4 is 0 Å². The van der Waals surface area contributed by atoms with E-state index in [-0.39, 0.29) is 13.2 Å². The molecule has 0 fully saturated rings. The van der Waals surface area contributed by atoms with Crippen LogP contribution in [0.3, 0.4) is 0 Å². The first-order valence-electron chi connectivity index (χ1n) is 18.2. The van der Waals surface area contributed by atoms with Crippen LogP contribution in [0.25, 0.3) is 31.0 Å². The second-order valence-electron chi connectivity index (χ2n) is 13.9. The molecule has 0 N–H and O–H groups in total. The molecule has 0 bridgehead atoms. The fourth-order valence-electron chi connectivity index (χ4n) is 7.78. The van der Waals surface area contributed by atoms with Crippen molar-refractivity contribution in [3.05, 3.63) is 187 Å². The van der Waals surface area contributed by atoms with Gasteiger partial charge in [0.05, 0.1) is 33.6 Å². The fourth-order valence-corrected chi connectivity index (χ4v) is 13.5. The number of fused-ring (bicyclic) bond motifs is 7. The summed E-state index contributed by atoms with van der Waals surface area (Å²) in [4.78, 5) is 34.7. The van der Waals surface area contributed by atoms with Crippen LogP contribution in [-0.4, -0.2) is 31.4 Å². The van der Waals surface area contributed by atoms with Crippen LogP contribution in [0.1, 0.15) is 48.7 Å². The Bertz CT molecular complexity index is 2940. The number of carbonyl (C=O) groups excluding carboxylic acids is 2. The molecule has 0 amide bonds. The molecule has 3 aliphatic rings. The number of allylic oxidation sites excluding steroid dienone is 3. The smallest absolute Gasteiger partial charge is 0.333 e. The standard InChI is InChI=1S/C47H26O4S7/c48-45(50-23-25-11-3-1-4-12-25)47(46(49)51-24-26-13-5-2-6-14-26)27(19-33-38(52)29-15-7-8-16-30(29)39(33)53)20-35-37(47)43-44(57-35)42-36(58-43)22-28(56-42)21-34-40(54)31-17-9-10-18-32(31)41(34)55/h1-22H,23-24H2. The van der Waals surface area contributed by atoms with Gasteiger partial charge in [-0.05, 0) is 41.0 Å². The molecule has 3 aliphatic carbocycles. The highest BCUT2D eigenvalue weighted by atomic mass is 32.1. The molecule has 58 heavy (non-hydrogen) atoms. The van der Waals surface area contributed by atoms with E-state index in [1.807, 2.05) is 121 Å². The maximum Gasteiger partial charge on any atom is 0.333 e. The molecule has 0 aliphatic heterocycles. The summed E-state index contributed by atoms with van der Waals surface area (Å²) in [7, 11) is 0. The number of ether oxygens (including phenoxy) is 2. The van der Waals surface area contributed by atoms with E-state index in [2.05, 4.69) is 12.1 Å². The highest BCUT2D eigenvalue weighted by Crippen LogP contribution is 2.57. The molecule has 7 aromatic rings. The molecule has 0 atom stereocenters. The number of thiocarbonyl (C=S) groups is 4. The molecule has 0 saturated heterocycles. The molecule has 0 radical (unpaired) electrons. The molecular formula is C47H26O4S7. The maximum absolute atomic E-state index is 15.1. The Hall–Kier alpha value is -4.98. The lowest BCUT2D eigenvalue weighted by atomic mass is 9.77. The van der Waals surface area contributed by atoms with Crippen molar-refractivity contribution in [2.45, 2.75) is 18.6 Å². The Balaban J connectivity index is 1.13. The second kappa shape index (κ2) is 14.7. The molecular weight excluding hydrogens is 853 g/mol. The van der Waals surface area contributed by atoms with Gasteiger partial charge in [0.2, 0.25) is 5.41 Å². The number of rotatable bonds is 8. The van der Waals surface area contributed by atoms with Crippen molar-refractivity contribution in [1.29, 1.82) is 0 Å². The van der Waals surface area contributed by atoms with Crippen molar-refractivity contribution in [3.8, 4) is 0 Å². The second-order valence-corrected chi connectivity index (χ2v) is 18.8. The third-order valence-corrected chi connectivity index (χ3v) is 16.1. The predicted molar refractivity (Wildman–Crippen MR) is 253 cm³/mol. The van der Waals surface area contributed by atoms with Gasteiger partial charge in [-0.1, -0.05) is 158 Å². The first-order chi connectivity index (χ1) is 28.2. The number of esters is 2. The Morgan fingerprint density at radius 2 is 1.02 bits per heavy atom. The Morgan fingerprint density at radius 3 is 1.52 bits per heavy atom. The fraction of sp³-hybridized carbons (Fsp3) is 0.0638. The van der Waals surface area contributed by atoms with Gasteiger partial charge in [-0.15, -0.1) is 34.0 Å². The average molecular weight is 879 g/mol. The quantitative estimate of drug-likeness (QED) is 0.0648. The zero-order valence-electron chi connectivity index (χ0n) is 30.1. The average Bonchev–Trinajstić information content (AvgIpc) is 4.06. The van der Waals surface area contributed by atoms with Gasteiger partial charge in [0.15, 0.2) is 0 Å². The molecule has 4 aromatic carbocycles. The number of hydrogen-bond acceptors (Lipinski definition) is 11. The first-order valence-corrected chi connectivity index (χ1v) is 22.3. The van der Waals surface area contributed by atoms with Crippen molar-refractivity contribution in [2.24, 2.45) is 0 Å². The third kappa shape index (κ3) is 5.91. The Kier molecular flexibility index (Phi) is 9.45. The summed E-state index contributed by atoms with van der Waals surface area (Å²) in [5, 5.41) is 0. The van der Waals surface area contributed by atoms with E-state index >= 15 is 9.59 Å². The number of benzene rings is 4. The zero-order chi connectivity index (χ0) is 39.7. The minimum absolute atomic E-state index is 0.0345. The molecule has 3 heterocycles. The predicted octanol–water partition coefficient (Wildman–Crippen LogP) is 11.9. The van der Waals surface area contributed by atoms with Crippen LogP contribution in [0, 0.1) is 0 Å². The summed E-state index contributed by atoms with van der Waals surface area (Å²) < 4.78 is 16.2. The van der Waals surface area contributed by atoms with Gasteiger partial charge in [-0.3, -0.25) is 9.59 Å². The highest BCUT2D eigenvalue weighted by Gasteiger charge is 2.59. The first kappa shape index (κ1) is 37.3. The molecule has 0 saturated carbocycles. The molecule has 280 valence electrons. The summed E-state index contributed by atoms with van der Waals surface area (Å²) in [6.45, 7) is -0.0689. The van der Waals surface area contributed by atoms with E-state index in [0.29, 0.717) is 26.4 Å². The molecule has 4 nitrogen and oxygen atoms in total. The minimum atomic E-state index is -1.98. The van der Waals surface area contributed by atoms with E-state index < -0.39 is 17.4 Å². The molecule has 0 spiro atoms. The Morgan fingerprint density at radius 1 is 0.552 bits per heavy atom. The normalized spacial score (nSPS) is 15.1. The summed E-state index contributed by atoms with van der Waals surface area (Å²) in [6.07, 6.45) is 5.80. The summed E-state index contributed by atoms with van der Waals surface area (Å²) >= 11 is 28.4. The van der Waals surface area contributed by atoms with Crippen molar-refractivity contribution in [3.63, 3.8) is 0 Å². The summed E-state index contributed by atoms with van der Waals surface area (Å²) in [6, 6.07) is 36.7. The van der Waals surface area contributed by atoms with Crippen molar-refractivity contribution < 1.29 is 19.1 Å². The van der Waals surface area contributed by atoms with Crippen LogP contribution in [0.2, 0.25) is 0 Å². The lowest BCUT2D eigenvalue weighted by Gasteiger charge is -2.28. The topological polar surface area (TPSA) is 52.6 Å². The lowest BCUT2D eigenvalue weighted by Crippen LogP contribution is -2.46. The van der Waals surface area contributed by atoms with Crippen LogP contribution in [0.5, 0.6) is 0 Å². The van der Waals surface area contributed by atoms with Crippen LogP contribution in [0.4, 0.5) is 0 Å². The van der Waals surface area contributed by atoms with Crippen LogP contribution in [-0.2, 0) is 37.7 Å².